The predicted octanol–water partition coefficient (Wildman–Crippen LogP) is 4.08. The maximum Gasteiger partial charge on any atom is 0.270 e. The van der Waals surface area contributed by atoms with Gasteiger partial charge in [0.15, 0.2) is 10.8 Å². The van der Waals surface area contributed by atoms with Gasteiger partial charge in [0.05, 0.1) is 11.0 Å². The molecule has 0 aliphatic carbocycles. The van der Waals surface area contributed by atoms with Crippen molar-refractivity contribution in [1.82, 2.24) is 5.32 Å². The largest absolute Gasteiger partial charge is 0.467 e. The first-order valence-electron chi connectivity index (χ1n) is 8.46. The molecule has 0 saturated carbocycles. The van der Waals surface area contributed by atoms with Crippen LogP contribution >= 0.6 is 12.2 Å². The molecule has 1 N–H and O–H groups in total. The molecule has 1 fully saturated rings. The van der Waals surface area contributed by atoms with Gasteiger partial charge >= 0.3 is 0 Å². The molecule has 1 saturated heterocycles. The Hall–Kier alpha value is -2.67. The summed E-state index contributed by atoms with van der Waals surface area (Å²) >= 11 is 5.65. The summed E-state index contributed by atoms with van der Waals surface area (Å²) in [6.07, 6.45) is 0. The molecular weight excluding hydrogens is 350 g/mol. The van der Waals surface area contributed by atoms with Crippen LogP contribution in [-0.2, 0) is 0 Å². The van der Waals surface area contributed by atoms with Crippen molar-refractivity contribution < 1.29 is 9.66 Å². The quantitative estimate of drug-likeness (QED) is 0.489. The van der Waals surface area contributed by atoms with E-state index >= 15 is 0 Å². The zero-order valence-electron chi connectivity index (χ0n) is 14.7. The first kappa shape index (κ1) is 16.8. The predicted molar refractivity (Wildman–Crippen MR) is 103 cm³/mol. The summed E-state index contributed by atoms with van der Waals surface area (Å²) in [6, 6.07) is 12.7. The minimum Gasteiger partial charge on any atom is -0.467 e. The highest BCUT2D eigenvalue weighted by Crippen LogP contribution is 2.49. The topological polar surface area (TPSA) is 67.6 Å². The summed E-state index contributed by atoms with van der Waals surface area (Å²) in [5, 5.41) is 15.1. The van der Waals surface area contributed by atoms with E-state index in [-0.39, 0.29) is 22.6 Å². The fraction of sp³-hybridized carbons (Fsp3) is 0.316. The highest BCUT2D eigenvalue weighted by atomic mass is 32.1. The number of anilines is 1. The van der Waals surface area contributed by atoms with E-state index in [0.29, 0.717) is 10.9 Å². The number of hydrogen-bond acceptors (Lipinski definition) is 4. The number of ether oxygens (including phenoxy) is 1. The van der Waals surface area contributed by atoms with Crippen LogP contribution < -0.4 is 15.0 Å². The highest BCUT2D eigenvalue weighted by molar-refractivity contribution is 7.80. The normalized spacial score (nSPS) is 26.6. The number of thiocarbonyl (C=S) groups is 1. The standard InChI is InChI=1S/C19H19N3O3S/c1-11-5-4-6-13(9-11)21-18(26)20-17-12(2)19(21,3)25-16-8-7-14(22(23)24)10-15(16)17/h4-10,12,17H,1-3H3,(H,20,26)/t12-,17+,19-/m1/s1. The average Bonchev–Trinajstić information content (AvgIpc) is 2.57. The van der Waals surface area contributed by atoms with Gasteiger partial charge in [0.1, 0.15) is 5.75 Å². The van der Waals surface area contributed by atoms with Crippen LogP contribution in [0.3, 0.4) is 0 Å². The van der Waals surface area contributed by atoms with Crippen molar-refractivity contribution in [1.29, 1.82) is 0 Å². The van der Waals surface area contributed by atoms with Gasteiger partial charge in [0.2, 0.25) is 0 Å². The van der Waals surface area contributed by atoms with Crippen molar-refractivity contribution in [2.75, 3.05) is 4.90 Å². The third-order valence-corrected chi connectivity index (χ3v) is 5.69. The Labute approximate surface area is 156 Å². The van der Waals surface area contributed by atoms with Gasteiger partial charge < -0.3 is 10.1 Å². The molecule has 2 bridgehead atoms. The summed E-state index contributed by atoms with van der Waals surface area (Å²) < 4.78 is 6.39. The number of aryl methyl sites for hydroxylation is 1. The molecule has 4 rings (SSSR count). The molecule has 26 heavy (non-hydrogen) atoms. The maximum atomic E-state index is 11.1. The SMILES string of the molecule is Cc1cccc(N2C(=S)N[C@@H]3c4cc([N+](=O)[O-])ccc4O[C@]2(C)[C@@H]3C)c1. The van der Waals surface area contributed by atoms with Gasteiger partial charge in [0, 0.05) is 29.3 Å². The van der Waals surface area contributed by atoms with E-state index in [4.69, 9.17) is 17.0 Å². The van der Waals surface area contributed by atoms with Gasteiger partial charge in [-0.05, 0) is 49.8 Å². The van der Waals surface area contributed by atoms with Gasteiger partial charge in [-0.2, -0.15) is 0 Å². The second-order valence-electron chi connectivity index (χ2n) is 7.03. The number of benzene rings is 2. The Kier molecular flexibility index (Phi) is 3.66. The Morgan fingerprint density at radius 2 is 2.08 bits per heavy atom. The number of rotatable bonds is 2. The number of fused-ring (bicyclic) bond motifs is 4. The molecule has 2 aromatic carbocycles. The van der Waals surface area contributed by atoms with Gasteiger partial charge in [0.25, 0.3) is 5.69 Å². The minimum atomic E-state index is -0.691. The van der Waals surface area contributed by atoms with Crippen molar-refractivity contribution in [3.05, 3.63) is 63.7 Å². The Morgan fingerprint density at radius 1 is 1.31 bits per heavy atom. The van der Waals surface area contributed by atoms with Crippen LogP contribution in [0.5, 0.6) is 5.75 Å². The summed E-state index contributed by atoms with van der Waals surface area (Å²) in [7, 11) is 0. The van der Waals surface area contributed by atoms with Crippen LogP contribution in [-0.4, -0.2) is 15.8 Å². The second kappa shape index (κ2) is 5.67. The zero-order valence-corrected chi connectivity index (χ0v) is 15.5. The van der Waals surface area contributed by atoms with Crippen LogP contribution in [0.25, 0.3) is 0 Å². The molecule has 0 aromatic heterocycles. The molecule has 0 spiro atoms. The molecule has 134 valence electrons. The summed E-state index contributed by atoms with van der Waals surface area (Å²) in [6.45, 7) is 6.13. The highest BCUT2D eigenvalue weighted by Gasteiger charge is 2.54. The van der Waals surface area contributed by atoms with Gasteiger partial charge in [-0.25, -0.2) is 0 Å². The van der Waals surface area contributed by atoms with Gasteiger partial charge in [-0.3, -0.25) is 15.0 Å². The van der Waals surface area contributed by atoms with E-state index in [9.17, 15) is 10.1 Å². The van der Waals surface area contributed by atoms with Crippen LogP contribution in [0.2, 0.25) is 0 Å². The lowest BCUT2D eigenvalue weighted by Crippen LogP contribution is -2.69. The van der Waals surface area contributed by atoms with Crippen LogP contribution in [0.4, 0.5) is 11.4 Å². The first-order valence-corrected chi connectivity index (χ1v) is 8.87. The van der Waals surface area contributed by atoms with Crippen molar-refractivity contribution in [2.45, 2.75) is 32.5 Å². The lowest BCUT2D eigenvalue weighted by atomic mass is 9.80. The van der Waals surface area contributed by atoms with E-state index in [1.165, 1.54) is 6.07 Å². The molecule has 2 aromatic rings. The molecule has 6 nitrogen and oxygen atoms in total. The van der Waals surface area contributed by atoms with Crippen LogP contribution in [0, 0.1) is 23.0 Å². The zero-order chi connectivity index (χ0) is 18.6. The Balaban J connectivity index is 1.84. The average molecular weight is 369 g/mol. The van der Waals surface area contributed by atoms with Crippen molar-refractivity contribution in [2.24, 2.45) is 5.92 Å². The second-order valence-corrected chi connectivity index (χ2v) is 7.41. The van der Waals surface area contributed by atoms with Gasteiger partial charge in [-0.15, -0.1) is 0 Å². The molecule has 0 radical (unpaired) electrons. The molecule has 0 amide bonds. The van der Waals surface area contributed by atoms with Crippen molar-refractivity contribution in [3.8, 4) is 5.75 Å². The summed E-state index contributed by atoms with van der Waals surface area (Å²) in [5.41, 5.74) is 2.23. The minimum absolute atomic E-state index is 0.0178. The number of nitrogens with zero attached hydrogens (tertiary/aromatic N) is 2. The van der Waals surface area contributed by atoms with E-state index in [2.05, 4.69) is 18.3 Å². The van der Waals surface area contributed by atoms with E-state index in [1.807, 2.05) is 36.9 Å². The fourth-order valence-corrected chi connectivity index (χ4v) is 4.29. The van der Waals surface area contributed by atoms with E-state index in [1.54, 1.807) is 12.1 Å². The summed E-state index contributed by atoms with van der Waals surface area (Å²) in [4.78, 5) is 12.8. The molecular formula is C19H19N3O3S. The smallest absolute Gasteiger partial charge is 0.270 e. The van der Waals surface area contributed by atoms with Crippen LogP contribution in [0.15, 0.2) is 42.5 Å². The van der Waals surface area contributed by atoms with Crippen molar-refractivity contribution in [3.63, 3.8) is 0 Å². The third kappa shape index (κ3) is 2.34. The number of nitro benzene ring substituents is 1. The summed E-state index contributed by atoms with van der Waals surface area (Å²) in [5.74, 6) is 0.665. The maximum absolute atomic E-state index is 11.1. The molecule has 2 aliphatic heterocycles. The Morgan fingerprint density at radius 3 is 2.77 bits per heavy atom. The third-order valence-electron chi connectivity index (χ3n) is 5.39. The number of nitrogens with one attached hydrogen (secondary N) is 1. The molecule has 0 unspecified atom stereocenters. The van der Waals surface area contributed by atoms with E-state index < -0.39 is 5.72 Å². The van der Waals surface area contributed by atoms with E-state index in [0.717, 1.165) is 16.8 Å². The van der Waals surface area contributed by atoms with Crippen LogP contribution in [0.1, 0.15) is 31.0 Å². The number of non-ortho nitro benzene ring substituents is 1. The monoisotopic (exact) mass is 369 g/mol. The Bertz CT molecular complexity index is 932. The molecule has 7 heteroatoms. The first-order chi connectivity index (χ1) is 12.3. The number of nitro groups is 1. The molecule has 2 heterocycles. The fourth-order valence-electron chi connectivity index (χ4n) is 3.87. The molecule has 3 atom stereocenters. The lowest BCUT2D eigenvalue weighted by molar-refractivity contribution is -0.385. The number of hydrogen-bond donors (Lipinski definition) is 1. The van der Waals surface area contributed by atoms with Crippen molar-refractivity contribution >= 4 is 28.7 Å². The lowest BCUT2D eigenvalue weighted by Gasteiger charge is -2.56. The van der Waals surface area contributed by atoms with Gasteiger partial charge in [-0.1, -0.05) is 19.1 Å². The molecule has 2 aliphatic rings.